The number of aliphatic hydroxyl groups is 7. The molecule has 0 bridgehead atoms. The number of carbonyl (C=O) groups excluding carboxylic acids is 2. The monoisotopic (exact) mass is 1090 g/mol. The Morgan fingerprint density at radius 3 is 1.29 bits per heavy atom. The van der Waals surface area contributed by atoms with E-state index in [0.29, 0.717) is 12.8 Å². The van der Waals surface area contributed by atoms with E-state index in [1.54, 1.807) is 0 Å². The van der Waals surface area contributed by atoms with E-state index in [-0.39, 0.29) is 19.4 Å². The van der Waals surface area contributed by atoms with Gasteiger partial charge in [0.25, 0.3) is 0 Å². The average molecular weight is 1090 g/mol. The van der Waals surface area contributed by atoms with Gasteiger partial charge >= 0.3 is 11.9 Å². The van der Waals surface area contributed by atoms with Gasteiger partial charge in [-0.15, -0.1) is 0 Å². The van der Waals surface area contributed by atoms with Crippen LogP contribution in [0.2, 0.25) is 0 Å². The summed E-state index contributed by atoms with van der Waals surface area (Å²) in [7, 11) is 0. The van der Waals surface area contributed by atoms with E-state index in [2.05, 4.69) is 74.6 Å². The van der Waals surface area contributed by atoms with Gasteiger partial charge in [-0.2, -0.15) is 0 Å². The molecule has 2 fully saturated rings. The summed E-state index contributed by atoms with van der Waals surface area (Å²) >= 11 is 0. The molecule has 0 aromatic carbocycles. The van der Waals surface area contributed by atoms with Gasteiger partial charge in [-0.3, -0.25) is 9.59 Å². The molecule has 2 aliphatic rings. The normalized spacial score (nSPS) is 24.6. The third kappa shape index (κ3) is 34.8. The maximum atomic E-state index is 13.1. The lowest BCUT2D eigenvalue weighted by molar-refractivity contribution is -0.332. The quantitative estimate of drug-likeness (QED) is 0.0171. The summed E-state index contributed by atoms with van der Waals surface area (Å²) < 4.78 is 33.7. The van der Waals surface area contributed by atoms with Crippen molar-refractivity contribution in [2.45, 2.75) is 293 Å². The van der Waals surface area contributed by atoms with Gasteiger partial charge in [0.05, 0.1) is 19.8 Å². The fourth-order valence-electron chi connectivity index (χ4n) is 9.36. The van der Waals surface area contributed by atoms with E-state index >= 15 is 0 Å². The molecule has 446 valence electrons. The zero-order valence-corrected chi connectivity index (χ0v) is 47.7. The number of esters is 2. The summed E-state index contributed by atoms with van der Waals surface area (Å²) in [5, 5.41) is 72.3. The molecule has 0 spiro atoms. The van der Waals surface area contributed by atoms with Gasteiger partial charge in [0, 0.05) is 12.8 Å². The van der Waals surface area contributed by atoms with E-state index < -0.39 is 99.3 Å². The summed E-state index contributed by atoms with van der Waals surface area (Å²) in [5.74, 6) is -0.956. The summed E-state index contributed by atoms with van der Waals surface area (Å²) in [4.78, 5) is 25.9. The van der Waals surface area contributed by atoms with Crippen LogP contribution in [0.1, 0.15) is 226 Å². The van der Waals surface area contributed by atoms with E-state index in [1.165, 1.54) is 116 Å². The smallest absolute Gasteiger partial charge is 0.306 e. The van der Waals surface area contributed by atoms with Crippen LogP contribution in [0.5, 0.6) is 0 Å². The van der Waals surface area contributed by atoms with Crippen LogP contribution in [0.3, 0.4) is 0 Å². The molecule has 2 heterocycles. The average Bonchev–Trinajstić information content (AvgIpc) is 3.43. The van der Waals surface area contributed by atoms with Crippen LogP contribution in [0.15, 0.2) is 60.8 Å². The van der Waals surface area contributed by atoms with Gasteiger partial charge in [-0.25, -0.2) is 0 Å². The van der Waals surface area contributed by atoms with Crippen molar-refractivity contribution in [3.63, 3.8) is 0 Å². The second kappa shape index (κ2) is 48.0. The summed E-state index contributed by atoms with van der Waals surface area (Å²) in [6, 6.07) is 0. The first-order valence-corrected chi connectivity index (χ1v) is 30.4. The Kier molecular flexibility index (Phi) is 43.8. The molecule has 2 aliphatic heterocycles. The topological polar surface area (TPSA) is 231 Å². The Hall–Kier alpha value is -2.80. The fourth-order valence-corrected chi connectivity index (χ4v) is 9.36. The third-order valence-electron chi connectivity index (χ3n) is 14.3. The van der Waals surface area contributed by atoms with Crippen LogP contribution in [0.25, 0.3) is 0 Å². The Labute approximate surface area is 464 Å². The van der Waals surface area contributed by atoms with Gasteiger partial charge < -0.3 is 64.2 Å². The van der Waals surface area contributed by atoms with Crippen molar-refractivity contribution in [1.29, 1.82) is 0 Å². The second-order valence-corrected chi connectivity index (χ2v) is 21.2. The number of hydrogen-bond donors (Lipinski definition) is 7. The molecule has 0 aliphatic carbocycles. The molecule has 0 radical (unpaired) electrons. The zero-order chi connectivity index (χ0) is 56.0. The molecule has 7 N–H and O–H groups in total. The number of carbonyl (C=O) groups is 2. The number of hydrogen-bond acceptors (Lipinski definition) is 15. The van der Waals surface area contributed by atoms with Crippen LogP contribution in [0, 0.1) is 0 Å². The maximum Gasteiger partial charge on any atom is 0.306 e. The number of rotatable bonds is 48. The van der Waals surface area contributed by atoms with Gasteiger partial charge in [0.1, 0.15) is 55.4 Å². The Morgan fingerprint density at radius 2 is 0.818 bits per heavy atom. The van der Waals surface area contributed by atoms with Gasteiger partial charge in [-0.05, 0) is 57.8 Å². The predicted octanol–water partition coefficient (Wildman–Crippen LogP) is 10.8. The highest BCUT2D eigenvalue weighted by Crippen LogP contribution is 2.27. The molecule has 15 heteroatoms. The molecule has 2 saturated heterocycles. The predicted molar refractivity (Wildman–Crippen MR) is 303 cm³/mol. The molecule has 2 rings (SSSR count). The van der Waals surface area contributed by atoms with Crippen molar-refractivity contribution in [2.24, 2.45) is 0 Å². The lowest BCUT2D eigenvalue weighted by atomic mass is 9.98. The van der Waals surface area contributed by atoms with E-state index in [1.807, 2.05) is 0 Å². The lowest BCUT2D eigenvalue weighted by Crippen LogP contribution is -2.61. The Morgan fingerprint density at radius 1 is 0.429 bits per heavy atom. The molecule has 0 aromatic rings. The molecule has 4 unspecified atom stereocenters. The highest BCUT2D eigenvalue weighted by molar-refractivity contribution is 5.70. The Bertz CT molecular complexity index is 1570. The molecular weight excluding hydrogens is 985 g/mol. The maximum absolute atomic E-state index is 13.1. The third-order valence-corrected chi connectivity index (χ3v) is 14.3. The first-order chi connectivity index (χ1) is 37.5. The van der Waals surface area contributed by atoms with Crippen LogP contribution >= 0.6 is 0 Å². The molecule has 77 heavy (non-hydrogen) atoms. The SMILES string of the molecule is CC/C=C/C/C=C/C/C=C/C/C=C/C/C=C/CCCCCC(=O)O[C@@H](COC(=O)CCCCCCCCCCCCCCCCCCCCCCCC)CO[C@@H]1O[C@H](CO[C@@H]2O[C@H](CO)[C@H](O)C(O)C2O)[C@H](O)C(O)C1O. The summed E-state index contributed by atoms with van der Waals surface area (Å²) in [6.07, 6.45) is 41.0. The fraction of sp³-hybridized carbons (Fsp3) is 0.806. The minimum absolute atomic E-state index is 0.125. The summed E-state index contributed by atoms with van der Waals surface area (Å²) in [6.45, 7) is 2.48. The van der Waals surface area contributed by atoms with Crippen molar-refractivity contribution in [2.75, 3.05) is 26.4 Å². The van der Waals surface area contributed by atoms with E-state index in [9.17, 15) is 45.3 Å². The van der Waals surface area contributed by atoms with Crippen molar-refractivity contribution < 1.29 is 73.8 Å². The van der Waals surface area contributed by atoms with Crippen molar-refractivity contribution in [3.05, 3.63) is 60.8 Å². The zero-order valence-electron chi connectivity index (χ0n) is 47.7. The Balaban J connectivity index is 1.74. The van der Waals surface area contributed by atoms with Crippen molar-refractivity contribution in [1.82, 2.24) is 0 Å². The molecule has 11 atom stereocenters. The summed E-state index contributed by atoms with van der Waals surface area (Å²) in [5.41, 5.74) is 0. The molecule has 15 nitrogen and oxygen atoms in total. The minimum Gasteiger partial charge on any atom is -0.462 e. The first kappa shape index (κ1) is 70.3. The van der Waals surface area contributed by atoms with Crippen LogP contribution in [-0.2, 0) is 38.0 Å². The molecular formula is C62H108O15. The number of ether oxygens (including phenoxy) is 6. The van der Waals surface area contributed by atoms with Gasteiger partial charge in [0.15, 0.2) is 18.7 Å². The van der Waals surface area contributed by atoms with Crippen molar-refractivity contribution in [3.8, 4) is 0 Å². The molecule has 0 aromatic heterocycles. The molecule has 0 saturated carbocycles. The van der Waals surface area contributed by atoms with E-state index in [4.69, 9.17) is 28.4 Å². The largest absolute Gasteiger partial charge is 0.462 e. The van der Waals surface area contributed by atoms with Crippen molar-refractivity contribution >= 4 is 11.9 Å². The molecule has 0 amide bonds. The lowest BCUT2D eigenvalue weighted by Gasteiger charge is -2.42. The minimum atomic E-state index is -1.77. The number of allylic oxidation sites excluding steroid dienone is 10. The van der Waals surface area contributed by atoms with Gasteiger partial charge in [-0.1, -0.05) is 216 Å². The van der Waals surface area contributed by atoms with Gasteiger partial charge in [0.2, 0.25) is 0 Å². The highest BCUT2D eigenvalue weighted by Gasteiger charge is 2.47. The van der Waals surface area contributed by atoms with Crippen LogP contribution in [-0.4, -0.2) is 142 Å². The highest BCUT2D eigenvalue weighted by atomic mass is 16.7. The second-order valence-electron chi connectivity index (χ2n) is 21.2. The number of aliphatic hydroxyl groups excluding tert-OH is 7. The van der Waals surface area contributed by atoms with Crippen LogP contribution in [0.4, 0.5) is 0 Å². The number of unbranched alkanes of at least 4 members (excludes halogenated alkanes) is 24. The van der Waals surface area contributed by atoms with E-state index in [0.717, 1.165) is 70.6 Å². The van der Waals surface area contributed by atoms with Crippen LogP contribution < -0.4 is 0 Å². The first-order valence-electron chi connectivity index (χ1n) is 30.4. The standard InChI is InChI=1S/C62H108O15/c1-3-5-7-9-11-13-15-17-19-21-23-24-25-27-28-30-32-34-36-38-40-42-44-53(64)72-47-50(75-54(65)45-43-41-39-37-35-33-31-29-26-22-20-18-16-14-12-10-8-6-4-2)48-73-61-60(71)58(69)56(67)52(77-61)49-74-62-59(70)57(68)55(66)51(46-63)76-62/h6,8,12,14,18,20,26,29,33,35,50-52,55-63,66-71H,3-5,7,9-11,13,15-17,19,21-25,27-28,30-32,34,36-49H2,1-2H3/b8-6+,14-12+,20-18+,29-26+,35-33+/t50-,51+,52+,55-,56-,57?,58?,59?,60?,61+,62+/m0/s1.